The summed E-state index contributed by atoms with van der Waals surface area (Å²) in [5.74, 6) is 0. The molecule has 5 heteroatoms. The summed E-state index contributed by atoms with van der Waals surface area (Å²) < 4.78 is 7.57. The van der Waals surface area contributed by atoms with Crippen molar-refractivity contribution in [1.29, 1.82) is 0 Å². The van der Waals surface area contributed by atoms with Crippen molar-refractivity contribution in [3.63, 3.8) is 0 Å². The van der Waals surface area contributed by atoms with Gasteiger partial charge in [-0.3, -0.25) is 0 Å². The van der Waals surface area contributed by atoms with Crippen LogP contribution in [0.1, 0.15) is 44.4 Å². The van der Waals surface area contributed by atoms with Crippen LogP contribution < -0.4 is 10.6 Å². The molecule has 0 saturated heterocycles. The number of hydrogen-bond donors (Lipinski definition) is 2. The highest BCUT2D eigenvalue weighted by molar-refractivity contribution is 5.86. The van der Waals surface area contributed by atoms with Crippen molar-refractivity contribution in [2.24, 2.45) is 0 Å². The van der Waals surface area contributed by atoms with Crippen LogP contribution in [0.25, 0.3) is 10.9 Å². The molecule has 24 heavy (non-hydrogen) atoms. The number of nitrogens with zero attached hydrogens (tertiary/aromatic N) is 1. The fourth-order valence-corrected chi connectivity index (χ4v) is 3.23. The zero-order valence-electron chi connectivity index (χ0n) is 15.0. The van der Waals surface area contributed by atoms with Crippen LogP contribution in [0, 0.1) is 0 Å². The maximum atomic E-state index is 11.8. The number of aryl methyl sites for hydroxylation is 1. The zero-order chi connectivity index (χ0) is 17.3. The van der Waals surface area contributed by atoms with Crippen LogP contribution in [0.15, 0.2) is 18.3 Å². The Morgan fingerprint density at radius 1 is 1.29 bits per heavy atom. The summed E-state index contributed by atoms with van der Waals surface area (Å²) >= 11 is 0. The fraction of sp³-hybridized carbons (Fsp3) is 0.526. The van der Waals surface area contributed by atoms with Crippen LogP contribution in [0.3, 0.4) is 0 Å². The molecule has 2 aromatic rings. The van der Waals surface area contributed by atoms with E-state index in [-0.39, 0.29) is 6.09 Å². The van der Waals surface area contributed by atoms with Crippen LogP contribution in [-0.4, -0.2) is 22.8 Å². The number of aromatic nitrogens is 1. The van der Waals surface area contributed by atoms with Crippen molar-refractivity contribution in [2.75, 3.05) is 6.54 Å². The summed E-state index contributed by atoms with van der Waals surface area (Å²) in [4.78, 5) is 11.8. The maximum Gasteiger partial charge on any atom is 0.407 e. The average Bonchev–Trinajstić information content (AvgIpc) is 3.07. The highest BCUT2D eigenvalue weighted by Crippen LogP contribution is 2.28. The first-order valence-electron chi connectivity index (χ1n) is 8.68. The molecule has 130 valence electrons. The van der Waals surface area contributed by atoms with E-state index in [0.29, 0.717) is 6.54 Å². The van der Waals surface area contributed by atoms with Crippen LogP contribution in [0.5, 0.6) is 0 Å². The Morgan fingerprint density at radius 2 is 2.00 bits per heavy atom. The summed E-state index contributed by atoms with van der Waals surface area (Å²) in [6.07, 6.45) is 2.66. The van der Waals surface area contributed by atoms with Crippen molar-refractivity contribution >= 4 is 17.0 Å². The molecule has 0 spiro atoms. The second-order valence-corrected chi connectivity index (χ2v) is 7.36. The lowest BCUT2D eigenvalue weighted by Crippen LogP contribution is -2.33. The lowest BCUT2D eigenvalue weighted by atomic mass is 10.0. The first-order chi connectivity index (χ1) is 11.4. The maximum absolute atomic E-state index is 11.8. The van der Waals surface area contributed by atoms with E-state index >= 15 is 0 Å². The molecule has 0 fully saturated rings. The Labute approximate surface area is 143 Å². The van der Waals surface area contributed by atoms with Gasteiger partial charge >= 0.3 is 6.09 Å². The summed E-state index contributed by atoms with van der Waals surface area (Å²) in [6, 6.07) is 4.61. The number of nitrogens with one attached hydrogen (secondary N) is 2. The van der Waals surface area contributed by atoms with E-state index in [0.717, 1.165) is 26.1 Å². The first kappa shape index (κ1) is 16.8. The summed E-state index contributed by atoms with van der Waals surface area (Å²) in [6.45, 7) is 11.2. The minimum Gasteiger partial charge on any atom is -0.444 e. The number of fused-ring (bicyclic) bond motifs is 2. The van der Waals surface area contributed by atoms with Crippen molar-refractivity contribution in [1.82, 2.24) is 15.2 Å². The highest BCUT2D eigenvalue weighted by atomic mass is 16.6. The third kappa shape index (κ3) is 3.56. The van der Waals surface area contributed by atoms with Crippen molar-refractivity contribution < 1.29 is 9.53 Å². The van der Waals surface area contributed by atoms with Crippen molar-refractivity contribution in [3.05, 3.63) is 35.0 Å². The summed E-state index contributed by atoms with van der Waals surface area (Å²) in [5, 5.41) is 7.55. The van der Waals surface area contributed by atoms with E-state index in [1.165, 1.54) is 27.6 Å². The van der Waals surface area contributed by atoms with E-state index in [1.807, 2.05) is 20.8 Å². The molecular formula is C19H27N3O2. The van der Waals surface area contributed by atoms with E-state index in [4.69, 9.17) is 4.74 Å². The molecule has 0 atom stereocenters. The molecule has 0 radical (unpaired) electrons. The van der Waals surface area contributed by atoms with Gasteiger partial charge in [0, 0.05) is 43.3 Å². The van der Waals surface area contributed by atoms with Gasteiger partial charge in [-0.15, -0.1) is 0 Å². The molecule has 0 bridgehead atoms. The summed E-state index contributed by atoms with van der Waals surface area (Å²) in [5.41, 5.74) is 4.88. The third-order valence-electron chi connectivity index (χ3n) is 4.32. The monoisotopic (exact) mass is 329 g/mol. The van der Waals surface area contributed by atoms with E-state index in [9.17, 15) is 4.79 Å². The third-order valence-corrected chi connectivity index (χ3v) is 4.32. The quantitative estimate of drug-likeness (QED) is 0.904. The Kier molecular flexibility index (Phi) is 4.54. The molecule has 2 heterocycles. The predicted molar refractivity (Wildman–Crippen MR) is 96.1 cm³/mol. The molecule has 1 aromatic carbocycles. The van der Waals surface area contributed by atoms with Crippen LogP contribution >= 0.6 is 0 Å². The van der Waals surface area contributed by atoms with Gasteiger partial charge in [-0.05, 0) is 62.9 Å². The molecule has 5 nitrogen and oxygen atoms in total. The number of rotatable bonds is 4. The molecule has 3 rings (SSSR count). The fourth-order valence-electron chi connectivity index (χ4n) is 3.23. The summed E-state index contributed by atoms with van der Waals surface area (Å²) in [7, 11) is 0. The molecule has 1 aliphatic rings. The molecular weight excluding hydrogens is 302 g/mol. The van der Waals surface area contributed by atoms with Crippen LogP contribution in [0.4, 0.5) is 4.79 Å². The SMILES string of the molecule is CCn1cc(CCNC(=O)OC(C)(C)C)c2cc3c(cc21)CNC3. The molecule has 1 aliphatic heterocycles. The van der Waals surface area contributed by atoms with Gasteiger partial charge in [-0.2, -0.15) is 0 Å². The number of benzene rings is 1. The Hall–Kier alpha value is -2.01. The largest absolute Gasteiger partial charge is 0.444 e. The topological polar surface area (TPSA) is 55.3 Å². The van der Waals surface area contributed by atoms with Gasteiger partial charge in [0.25, 0.3) is 0 Å². The van der Waals surface area contributed by atoms with Gasteiger partial charge in [0.15, 0.2) is 0 Å². The van der Waals surface area contributed by atoms with Gasteiger partial charge in [0.1, 0.15) is 5.60 Å². The van der Waals surface area contributed by atoms with E-state index in [1.54, 1.807) is 0 Å². The second kappa shape index (κ2) is 6.48. The van der Waals surface area contributed by atoms with Gasteiger partial charge in [-0.25, -0.2) is 4.79 Å². The minimum atomic E-state index is -0.462. The molecule has 0 aliphatic carbocycles. The minimum absolute atomic E-state index is 0.355. The normalized spacial score (nSPS) is 14.0. The number of carbonyl (C=O) groups is 1. The molecule has 1 aromatic heterocycles. The van der Waals surface area contributed by atoms with Crippen LogP contribution in [0.2, 0.25) is 0 Å². The zero-order valence-corrected chi connectivity index (χ0v) is 15.0. The van der Waals surface area contributed by atoms with E-state index < -0.39 is 5.60 Å². The number of ether oxygens (including phenoxy) is 1. The molecule has 0 unspecified atom stereocenters. The highest BCUT2D eigenvalue weighted by Gasteiger charge is 2.17. The molecule has 0 saturated carbocycles. The Morgan fingerprint density at radius 3 is 2.67 bits per heavy atom. The van der Waals surface area contributed by atoms with Gasteiger partial charge in [0.2, 0.25) is 0 Å². The lowest BCUT2D eigenvalue weighted by molar-refractivity contribution is 0.0528. The van der Waals surface area contributed by atoms with Gasteiger partial charge in [-0.1, -0.05) is 0 Å². The lowest BCUT2D eigenvalue weighted by Gasteiger charge is -2.19. The van der Waals surface area contributed by atoms with Gasteiger partial charge in [0.05, 0.1) is 0 Å². The number of hydrogen-bond acceptors (Lipinski definition) is 3. The van der Waals surface area contributed by atoms with Crippen LogP contribution in [-0.2, 0) is 30.8 Å². The first-order valence-corrected chi connectivity index (χ1v) is 8.68. The standard InChI is InChI=1S/C19H27N3O2/c1-5-22-12-13(6-7-21-18(23)24-19(2,3)4)16-8-14-10-20-11-15(14)9-17(16)22/h8-9,12,20H,5-7,10-11H2,1-4H3,(H,21,23). The Balaban J connectivity index is 1.74. The predicted octanol–water partition coefficient (Wildman–Crippen LogP) is 3.33. The van der Waals surface area contributed by atoms with Crippen molar-refractivity contribution in [2.45, 2.75) is 59.4 Å². The molecule has 2 N–H and O–H groups in total. The van der Waals surface area contributed by atoms with Crippen molar-refractivity contribution in [3.8, 4) is 0 Å². The smallest absolute Gasteiger partial charge is 0.407 e. The van der Waals surface area contributed by atoms with E-state index in [2.05, 4.69) is 40.5 Å². The Bertz CT molecular complexity index is 756. The number of amides is 1. The number of carbonyl (C=O) groups excluding carboxylic acids is 1. The number of alkyl carbamates (subject to hydrolysis) is 1. The average molecular weight is 329 g/mol. The van der Waals surface area contributed by atoms with Gasteiger partial charge < -0.3 is 19.9 Å². The second-order valence-electron chi connectivity index (χ2n) is 7.36. The molecule has 1 amide bonds.